The molecular weight excluding hydrogens is 218 g/mol. The van der Waals surface area contributed by atoms with Crippen molar-refractivity contribution in [2.24, 2.45) is 0 Å². The molecular formula is C12H13N3S. The van der Waals surface area contributed by atoms with Gasteiger partial charge >= 0.3 is 0 Å². The Bertz CT molecular complexity index is 471. The summed E-state index contributed by atoms with van der Waals surface area (Å²) in [5.41, 5.74) is 7.72. The van der Waals surface area contributed by atoms with Gasteiger partial charge in [0.15, 0.2) is 0 Å². The average Bonchev–Trinajstić information content (AvgIpc) is 2.30. The first-order chi connectivity index (χ1) is 7.79. The molecule has 2 rings (SSSR count). The predicted molar refractivity (Wildman–Crippen MR) is 69.1 cm³/mol. The zero-order valence-electron chi connectivity index (χ0n) is 9.05. The van der Waals surface area contributed by atoms with E-state index in [1.807, 2.05) is 36.6 Å². The number of hydrogen-bond donors (Lipinski definition) is 1. The first-order valence-corrected chi connectivity index (χ1v) is 6.37. The minimum atomic E-state index is 0.526. The third kappa shape index (κ3) is 2.52. The van der Waals surface area contributed by atoms with Crippen LogP contribution in [-0.4, -0.2) is 16.2 Å². The smallest absolute Gasteiger partial charge is 0.141 e. The van der Waals surface area contributed by atoms with Crippen LogP contribution in [0.3, 0.4) is 0 Å². The molecule has 0 unspecified atom stereocenters. The van der Waals surface area contributed by atoms with E-state index in [1.54, 1.807) is 17.8 Å². The lowest BCUT2D eigenvalue weighted by Gasteiger charge is -2.04. The monoisotopic (exact) mass is 231 g/mol. The molecule has 0 radical (unpaired) electrons. The van der Waals surface area contributed by atoms with Crippen molar-refractivity contribution in [1.29, 1.82) is 0 Å². The topological polar surface area (TPSA) is 51.8 Å². The van der Waals surface area contributed by atoms with Crippen LogP contribution in [0.5, 0.6) is 0 Å². The van der Waals surface area contributed by atoms with E-state index in [4.69, 9.17) is 5.73 Å². The molecule has 0 saturated heterocycles. The van der Waals surface area contributed by atoms with Gasteiger partial charge in [-0.25, -0.2) is 9.97 Å². The number of nitrogens with zero attached hydrogens (tertiary/aromatic N) is 2. The molecule has 0 aliphatic carbocycles. The molecule has 0 aliphatic rings. The standard InChI is InChI=1S/C12H13N3S/c1-16-8-12-14-10(7-11(13)15-12)9-5-3-2-4-6-9/h2-7H,8H2,1H3,(H2,13,14,15). The normalized spacial score (nSPS) is 10.3. The number of benzene rings is 1. The summed E-state index contributed by atoms with van der Waals surface area (Å²) >= 11 is 1.69. The van der Waals surface area contributed by atoms with Gasteiger partial charge in [-0.3, -0.25) is 0 Å². The Balaban J connectivity index is 2.41. The number of aromatic nitrogens is 2. The molecule has 3 nitrogen and oxygen atoms in total. The Kier molecular flexibility index (Phi) is 3.41. The molecule has 82 valence electrons. The Hall–Kier alpha value is -1.55. The van der Waals surface area contributed by atoms with Crippen molar-refractivity contribution >= 4 is 17.6 Å². The van der Waals surface area contributed by atoms with Gasteiger partial charge in [0.2, 0.25) is 0 Å². The summed E-state index contributed by atoms with van der Waals surface area (Å²) in [7, 11) is 0. The fourth-order valence-corrected chi connectivity index (χ4v) is 1.86. The highest BCUT2D eigenvalue weighted by atomic mass is 32.2. The molecule has 2 N–H and O–H groups in total. The minimum absolute atomic E-state index is 0.526. The second-order valence-corrected chi connectivity index (χ2v) is 4.26. The van der Waals surface area contributed by atoms with Crippen molar-refractivity contribution in [3.8, 4) is 11.3 Å². The van der Waals surface area contributed by atoms with Gasteiger partial charge in [-0.15, -0.1) is 0 Å². The number of rotatable bonds is 3. The lowest BCUT2D eigenvalue weighted by molar-refractivity contribution is 1.05. The quantitative estimate of drug-likeness (QED) is 0.882. The molecule has 0 amide bonds. The van der Waals surface area contributed by atoms with E-state index >= 15 is 0 Å². The molecule has 0 spiro atoms. The zero-order valence-corrected chi connectivity index (χ0v) is 9.87. The van der Waals surface area contributed by atoms with Crippen molar-refractivity contribution < 1.29 is 0 Å². The first kappa shape index (κ1) is 11.0. The molecule has 0 saturated carbocycles. The van der Waals surface area contributed by atoms with Crippen LogP contribution in [0.2, 0.25) is 0 Å². The summed E-state index contributed by atoms with van der Waals surface area (Å²) in [6.45, 7) is 0. The number of anilines is 1. The number of nitrogens with two attached hydrogens (primary N) is 1. The molecule has 1 heterocycles. The third-order valence-corrected chi connectivity index (χ3v) is 2.68. The second kappa shape index (κ2) is 4.99. The summed E-state index contributed by atoms with van der Waals surface area (Å²) in [6, 6.07) is 11.8. The Morgan fingerprint density at radius 2 is 1.94 bits per heavy atom. The van der Waals surface area contributed by atoms with Gasteiger partial charge in [-0.2, -0.15) is 11.8 Å². The highest BCUT2D eigenvalue weighted by Crippen LogP contribution is 2.19. The van der Waals surface area contributed by atoms with Crippen LogP contribution in [0, 0.1) is 0 Å². The van der Waals surface area contributed by atoms with Crippen molar-refractivity contribution in [3.05, 3.63) is 42.2 Å². The fraction of sp³-hybridized carbons (Fsp3) is 0.167. The number of hydrogen-bond acceptors (Lipinski definition) is 4. The van der Waals surface area contributed by atoms with E-state index in [-0.39, 0.29) is 0 Å². The summed E-state index contributed by atoms with van der Waals surface area (Å²) in [5.74, 6) is 2.09. The largest absolute Gasteiger partial charge is 0.384 e. The van der Waals surface area contributed by atoms with Crippen LogP contribution >= 0.6 is 11.8 Å². The van der Waals surface area contributed by atoms with Crippen LogP contribution in [0.25, 0.3) is 11.3 Å². The van der Waals surface area contributed by atoms with Gasteiger partial charge in [0, 0.05) is 11.6 Å². The Morgan fingerprint density at radius 1 is 1.19 bits per heavy atom. The SMILES string of the molecule is CSCc1nc(N)cc(-c2ccccc2)n1. The minimum Gasteiger partial charge on any atom is -0.384 e. The van der Waals surface area contributed by atoms with Crippen molar-refractivity contribution in [2.75, 3.05) is 12.0 Å². The zero-order chi connectivity index (χ0) is 11.4. The van der Waals surface area contributed by atoms with Gasteiger partial charge in [-0.1, -0.05) is 30.3 Å². The summed E-state index contributed by atoms with van der Waals surface area (Å²) < 4.78 is 0. The molecule has 4 heteroatoms. The highest BCUT2D eigenvalue weighted by Gasteiger charge is 2.03. The maximum Gasteiger partial charge on any atom is 0.141 e. The lowest BCUT2D eigenvalue weighted by atomic mass is 10.1. The Morgan fingerprint density at radius 3 is 2.62 bits per heavy atom. The molecule has 2 aromatic rings. The maximum absolute atomic E-state index is 5.77. The van der Waals surface area contributed by atoms with Gasteiger partial charge in [0.05, 0.1) is 11.4 Å². The van der Waals surface area contributed by atoms with E-state index < -0.39 is 0 Å². The van der Waals surface area contributed by atoms with Crippen molar-refractivity contribution in [3.63, 3.8) is 0 Å². The van der Waals surface area contributed by atoms with Crippen molar-refractivity contribution in [2.45, 2.75) is 5.75 Å². The third-order valence-electron chi connectivity index (χ3n) is 2.14. The molecule has 0 aliphatic heterocycles. The van der Waals surface area contributed by atoms with Crippen LogP contribution in [0.4, 0.5) is 5.82 Å². The molecule has 16 heavy (non-hydrogen) atoms. The second-order valence-electron chi connectivity index (χ2n) is 3.39. The van der Waals surface area contributed by atoms with E-state index in [2.05, 4.69) is 9.97 Å². The number of nitrogen functional groups attached to an aromatic ring is 1. The predicted octanol–water partition coefficient (Wildman–Crippen LogP) is 2.59. The van der Waals surface area contributed by atoms with Gasteiger partial charge < -0.3 is 5.73 Å². The fourth-order valence-electron chi connectivity index (χ4n) is 1.47. The van der Waals surface area contributed by atoms with Crippen LogP contribution in [-0.2, 0) is 5.75 Å². The van der Waals surface area contributed by atoms with E-state index in [1.165, 1.54) is 0 Å². The van der Waals surface area contributed by atoms with Gasteiger partial charge in [0.25, 0.3) is 0 Å². The van der Waals surface area contributed by atoms with Crippen LogP contribution in [0.15, 0.2) is 36.4 Å². The number of thioether (sulfide) groups is 1. The maximum atomic E-state index is 5.77. The summed E-state index contributed by atoms with van der Waals surface area (Å²) in [5, 5.41) is 0. The first-order valence-electron chi connectivity index (χ1n) is 4.97. The van der Waals surface area contributed by atoms with E-state index in [0.717, 1.165) is 22.8 Å². The summed E-state index contributed by atoms with van der Waals surface area (Å²) in [6.07, 6.45) is 2.02. The lowest BCUT2D eigenvalue weighted by Crippen LogP contribution is -1.99. The van der Waals surface area contributed by atoms with E-state index in [0.29, 0.717) is 5.82 Å². The van der Waals surface area contributed by atoms with Crippen molar-refractivity contribution in [1.82, 2.24) is 9.97 Å². The molecule has 0 bridgehead atoms. The molecule has 0 fully saturated rings. The van der Waals surface area contributed by atoms with E-state index in [9.17, 15) is 0 Å². The van der Waals surface area contributed by atoms with Crippen LogP contribution < -0.4 is 5.73 Å². The van der Waals surface area contributed by atoms with Gasteiger partial charge in [-0.05, 0) is 6.26 Å². The molecule has 1 aromatic heterocycles. The van der Waals surface area contributed by atoms with Crippen LogP contribution in [0.1, 0.15) is 5.82 Å². The Labute approximate surface area is 99.1 Å². The highest BCUT2D eigenvalue weighted by molar-refractivity contribution is 7.97. The molecule has 1 aromatic carbocycles. The summed E-state index contributed by atoms with van der Waals surface area (Å²) in [4.78, 5) is 8.68. The molecule has 0 atom stereocenters. The van der Waals surface area contributed by atoms with Gasteiger partial charge in [0.1, 0.15) is 11.6 Å². The average molecular weight is 231 g/mol.